The Morgan fingerprint density at radius 2 is 2.71 bits per heavy atom. The minimum atomic E-state index is -0.160. The van der Waals surface area contributed by atoms with E-state index in [9.17, 15) is 4.79 Å². The van der Waals surface area contributed by atoms with Gasteiger partial charge in [0.05, 0.1) is 6.54 Å². The molecule has 40 valence electrons. The Labute approximate surface area is 41.7 Å². The summed E-state index contributed by atoms with van der Waals surface area (Å²) in [6, 6.07) is 0. The maximum atomic E-state index is 10.2. The molecule has 0 aromatic rings. The number of ether oxygens (including phenoxy) is 1. The quantitative estimate of drug-likeness (QED) is 0.417. The standard InChI is InChI=1S/C4H7NO2/c1-3-5-2-4(6)7-3/h3,5H,2H2,1H3. The summed E-state index contributed by atoms with van der Waals surface area (Å²) in [6.45, 7) is 2.16. The summed E-state index contributed by atoms with van der Waals surface area (Å²) in [7, 11) is 0. The van der Waals surface area contributed by atoms with E-state index in [4.69, 9.17) is 0 Å². The molecule has 1 unspecified atom stereocenters. The van der Waals surface area contributed by atoms with Crippen LogP contribution in [0.25, 0.3) is 0 Å². The number of carbonyl (C=O) groups is 1. The second-order valence-corrected chi connectivity index (χ2v) is 1.51. The normalized spacial score (nSPS) is 30.4. The van der Waals surface area contributed by atoms with E-state index in [0.717, 1.165) is 0 Å². The third-order valence-corrected chi connectivity index (χ3v) is 0.842. The van der Waals surface area contributed by atoms with Crippen molar-refractivity contribution in [2.24, 2.45) is 0 Å². The number of esters is 1. The van der Waals surface area contributed by atoms with Crippen molar-refractivity contribution in [1.29, 1.82) is 0 Å². The van der Waals surface area contributed by atoms with Crippen LogP contribution in [0.1, 0.15) is 6.92 Å². The average molecular weight is 101 g/mol. The first-order chi connectivity index (χ1) is 3.29. The Kier molecular flexibility index (Phi) is 0.982. The minimum Gasteiger partial charge on any atom is -0.446 e. The van der Waals surface area contributed by atoms with Gasteiger partial charge in [0.1, 0.15) is 0 Å². The monoisotopic (exact) mass is 101 g/mol. The van der Waals surface area contributed by atoms with Crippen LogP contribution in [0.3, 0.4) is 0 Å². The van der Waals surface area contributed by atoms with Crippen LogP contribution < -0.4 is 5.32 Å². The number of hydrogen-bond donors (Lipinski definition) is 1. The van der Waals surface area contributed by atoms with Gasteiger partial charge in [-0.3, -0.25) is 10.1 Å². The highest BCUT2D eigenvalue weighted by Crippen LogP contribution is 1.92. The van der Waals surface area contributed by atoms with E-state index < -0.39 is 0 Å². The third kappa shape index (κ3) is 0.899. The predicted molar refractivity (Wildman–Crippen MR) is 23.6 cm³/mol. The summed E-state index contributed by atoms with van der Waals surface area (Å²) < 4.78 is 4.61. The van der Waals surface area contributed by atoms with Crippen molar-refractivity contribution in [3.63, 3.8) is 0 Å². The van der Waals surface area contributed by atoms with Crippen LogP contribution in [0.15, 0.2) is 0 Å². The van der Waals surface area contributed by atoms with E-state index in [2.05, 4.69) is 10.1 Å². The Morgan fingerprint density at radius 1 is 2.00 bits per heavy atom. The molecule has 1 N–H and O–H groups in total. The molecule has 1 heterocycles. The zero-order valence-electron chi connectivity index (χ0n) is 4.10. The highest BCUT2D eigenvalue weighted by Gasteiger charge is 2.16. The Morgan fingerprint density at radius 3 is 2.86 bits per heavy atom. The van der Waals surface area contributed by atoms with Crippen molar-refractivity contribution < 1.29 is 9.53 Å². The lowest BCUT2D eigenvalue weighted by molar-refractivity contribution is -0.139. The Bertz CT molecular complexity index is 91.7. The molecule has 0 aromatic heterocycles. The molecular formula is C4H7NO2. The van der Waals surface area contributed by atoms with Gasteiger partial charge in [0.25, 0.3) is 0 Å². The largest absolute Gasteiger partial charge is 0.446 e. The van der Waals surface area contributed by atoms with Crippen LogP contribution in [0, 0.1) is 0 Å². The van der Waals surface area contributed by atoms with Gasteiger partial charge in [0.15, 0.2) is 6.23 Å². The molecule has 1 saturated heterocycles. The molecule has 0 bridgehead atoms. The van der Waals surface area contributed by atoms with Gasteiger partial charge in [-0.1, -0.05) is 0 Å². The Balaban J connectivity index is 2.40. The molecule has 1 aliphatic heterocycles. The van der Waals surface area contributed by atoms with Gasteiger partial charge in [-0.05, 0) is 6.92 Å². The molecule has 3 heteroatoms. The summed E-state index contributed by atoms with van der Waals surface area (Å²) in [4.78, 5) is 10.2. The van der Waals surface area contributed by atoms with Gasteiger partial charge in [-0.15, -0.1) is 0 Å². The number of cyclic esters (lactones) is 1. The maximum Gasteiger partial charge on any atom is 0.321 e. The van der Waals surface area contributed by atoms with E-state index in [1.807, 2.05) is 0 Å². The molecule has 0 spiro atoms. The molecule has 1 aliphatic rings. The smallest absolute Gasteiger partial charge is 0.321 e. The minimum absolute atomic E-state index is 0.0764. The fourth-order valence-electron chi connectivity index (χ4n) is 0.508. The van der Waals surface area contributed by atoms with E-state index in [1.165, 1.54) is 0 Å². The number of nitrogens with one attached hydrogen (secondary N) is 1. The van der Waals surface area contributed by atoms with Gasteiger partial charge in [0.2, 0.25) is 0 Å². The van der Waals surface area contributed by atoms with Gasteiger partial charge in [0, 0.05) is 0 Å². The van der Waals surface area contributed by atoms with Crippen molar-refractivity contribution in [2.75, 3.05) is 6.54 Å². The van der Waals surface area contributed by atoms with Crippen LogP contribution >= 0.6 is 0 Å². The molecule has 1 rings (SSSR count). The van der Waals surface area contributed by atoms with Crippen LogP contribution in [0.4, 0.5) is 0 Å². The third-order valence-electron chi connectivity index (χ3n) is 0.842. The molecule has 1 atom stereocenters. The van der Waals surface area contributed by atoms with Gasteiger partial charge < -0.3 is 4.74 Å². The highest BCUT2D eigenvalue weighted by atomic mass is 16.6. The molecular weight excluding hydrogens is 94.0 g/mol. The molecule has 1 fully saturated rings. The second-order valence-electron chi connectivity index (χ2n) is 1.51. The van der Waals surface area contributed by atoms with Crippen molar-refractivity contribution in [2.45, 2.75) is 13.2 Å². The van der Waals surface area contributed by atoms with Crippen LogP contribution in [0.5, 0.6) is 0 Å². The van der Waals surface area contributed by atoms with Crippen LogP contribution in [-0.4, -0.2) is 18.7 Å². The fourth-order valence-corrected chi connectivity index (χ4v) is 0.508. The SMILES string of the molecule is CC1NCC(=O)O1. The molecule has 0 saturated carbocycles. The lowest BCUT2D eigenvalue weighted by Crippen LogP contribution is -2.17. The van der Waals surface area contributed by atoms with Crippen LogP contribution in [-0.2, 0) is 9.53 Å². The first-order valence-electron chi connectivity index (χ1n) is 2.22. The summed E-state index contributed by atoms with van der Waals surface area (Å²) in [6.07, 6.45) is -0.0764. The van der Waals surface area contributed by atoms with E-state index in [-0.39, 0.29) is 12.2 Å². The molecule has 0 aromatic carbocycles. The number of rotatable bonds is 0. The molecule has 3 nitrogen and oxygen atoms in total. The van der Waals surface area contributed by atoms with E-state index in [1.54, 1.807) is 6.92 Å². The predicted octanol–water partition coefficient (Wildman–Crippen LogP) is -0.521. The zero-order valence-corrected chi connectivity index (χ0v) is 4.10. The van der Waals surface area contributed by atoms with Gasteiger partial charge in [-0.2, -0.15) is 0 Å². The van der Waals surface area contributed by atoms with E-state index in [0.29, 0.717) is 6.54 Å². The van der Waals surface area contributed by atoms with Crippen LogP contribution in [0.2, 0.25) is 0 Å². The lowest BCUT2D eigenvalue weighted by Gasteiger charge is -1.96. The van der Waals surface area contributed by atoms with Gasteiger partial charge in [-0.25, -0.2) is 0 Å². The Hall–Kier alpha value is -0.570. The number of carbonyl (C=O) groups excluding carboxylic acids is 1. The lowest BCUT2D eigenvalue weighted by atomic mass is 10.6. The zero-order chi connectivity index (χ0) is 5.28. The number of hydrogen-bond acceptors (Lipinski definition) is 3. The molecule has 0 amide bonds. The highest BCUT2D eigenvalue weighted by molar-refractivity contribution is 5.73. The van der Waals surface area contributed by atoms with Crippen molar-refractivity contribution in [3.05, 3.63) is 0 Å². The summed E-state index contributed by atoms with van der Waals surface area (Å²) in [5.41, 5.74) is 0. The molecule has 0 radical (unpaired) electrons. The van der Waals surface area contributed by atoms with Crippen molar-refractivity contribution in [1.82, 2.24) is 5.32 Å². The molecule has 7 heavy (non-hydrogen) atoms. The second kappa shape index (κ2) is 1.50. The first-order valence-corrected chi connectivity index (χ1v) is 2.22. The van der Waals surface area contributed by atoms with Crippen molar-refractivity contribution >= 4 is 5.97 Å². The summed E-state index contributed by atoms with van der Waals surface area (Å²) in [5.74, 6) is -0.160. The molecule has 0 aliphatic carbocycles. The van der Waals surface area contributed by atoms with Gasteiger partial charge >= 0.3 is 5.97 Å². The van der Waals surface area contributed by atoms with E-state index >= 15 is 0 Å². The summed E-state index contributed by atoms with van der Waals surface area (Å²) in [5, 5.41) is 2.80. The fraction of sp³-hybridized carbons (Fsp3) is 0.750. The topological polar surface area (TPSA) is 38.3 Å². The first kappa shape index (κ1) is 4.59. The maximum absolute atomic E-state index is 10.2. The average Bonchev–Trinajstić information content (AvgIpc) is 1.87. The van der Waals surface area contributed by atoms with Crippen molar-refractivity contribution in [3.8, 4) is 0 Å². The summed E-state index contributed by atoms with van der Waals surface area (Å²) >= 11 is 0.